The van der Waals surface area contributed by atoms with Gasteiger partial charge in [-0.2, -0.15) is 0 Å². The summed E-state index contributed by atoms with van der Waals surface area (Å²) >= 11 is 1.49. The van der Waals surface area contributed by atoms with E-state index in [2.05, 4.69) is 28.9 Å². The van der Waals surface area contributed by atoms with Gasteiger partial charge in [0.2, 0.25) is 5.91 Å². The van der Waals surface area contributed by atoms with Crippen molar-refractivity contribution in [2.75, 3.05) is 18.5 Å². The molecule has 4 rings (SSSR count). The smallest absolute Gasteiger partial charge is 0.242 e. The molecule has 2 saturated carbocycles. The van der Waals surface area contributed by atoms with Crippen molar-refractivity contribution >= 4 is 22.4 Å². The molecular formula is C18H23N3O2S. The number of likely N-dealkylation sites (N-methyl/N-ethyl adjacent to an activating group) is 1. The third-order valence-electron chi connectivity index (χ3n) is 5.00. The van der Waals surface area contributed by atoms with Crippen LogP contribution in [-0.2, 0) is 11.3 Å². The lowest BCUT2D eigenvalue weighted by atomic mass is 10.3. The van der Waals surface area contributed by atoms with Crippen molar-refractivity contribution in [3.8, 4) is 0 Å². The highest BCUT2D eigenvalue weighted by molar-refractivity contribution is 7.13. The fraction of sp³-hybridized carbons (Fsp3) is 0.556. The minimum Gasteiger partial charge on any atom is -0.464 e. The van der Waals surface area contributed by atoms with Gasteiger partial charge in [0, 0.05) is 30.6 Å². The molecule has 0 unspecified atom stereocenters. The zero-order chi connectivity index (χ0) is 16.7. The number of carbonyl (C=O) groups is 1. The summed E-state index contributed by atoms with van der Waals surface area (Å²) in [5.41, 5.74) is 0. The van der Waals surface area contributed by atoms with Crippen LogP contribution in [0.3, 0.4) is 0 Å². The molecular weight excluding hydrogens is 322 g/mol. The number of carbonyl (C=O) groups excluding carboxylic acids is 1. The van der Waals surface area contributed by atoms with Gasteiger partial charge in [-0.05, 0) is 37.3 Å². The molecule has 128 valence electrons. The third kappa shape index (κ3) is 3.39. The highest BCUT2D eigenvalue weighted by atomic mass is 32.1. The average Bonchev–Trinajstić information content (AvgIpc) is 3.42. The summed E-state index contributed by atoms with van der Waals surface area (Å²) in [7, 11) is 1.80. The molecule has 2 fully saturated rings. The predicted octanol–water partition coefficient (Wildman–Crippen LogP) is 3.49. The Balaban J connectivity index is 1.39. The highest BCUT2D eigenvalue weighted by Crippen LogP contribution is 2.47. The molecule has 0 aromatic carbocycles. The molecule has 2 heterocycles. The SMILES string of the molecule is C[C@@H]1C[C@@H]1c1ccc(CN(CC(=O)N(C)c2nccs2)C2CC2)o1. The molecule has 0 bridgehead atoms. The summed E-state index contributed by atoms with van der Waals surface area (Å²) in [5.74, 6) is 3.52. The molecule has 1 amide bonds. The summed E-state index contributed by atoms with van der Waals surface area (Å²) in [5, 5.41) is 2.64. The molecule has 2 aliphatic carbocycles. The lowest BCUT2D eigenvalue weighted by Crippen LogP contribution is -2.39. The van der Waals surface area contributed by atoms with E-state index >= 15 is 0 Å². The molecule has 2 aromatic heterocycles. The lowest BCUT2D eigenvalue weighted by molar-refractivity contribution is -0.119. The van der Waals surface area contributed by atoms with Crippen molar-refractivity contribution in [1.29, 1.82) is 0 Å². The van der Waals surface area contributed by atoms with Crippen molar-refractivity contribution in [2.45, 2.75) is 44.7 Å². The van der Waals surface area contributed by atoms with E-state index in [9.17, 15) is 4.79 Å². The van der Waals surface area contributed by atoms with Crippen LogP contribution in [0.25, 0.3) is 0 Å². The van der Waals surface area contributed by atoms with Gasteiger partial charge in [-0.3, -0.25) is 14.6 Å². The minimum atomic E-state index is 0.0828. The Labute approximate surface area is 146 Å². The Kier molecular flexibility index (Phi) is 4.18. The van der Waals surface area contributed by atoms with E-state index in [1.807, 2.05) is 5.38 Å². The molecule has 0 radical (unpaired) electrons. The highest BCUT2D eigenvalue weighted by Gasteiger charge is 2.37. The molecule has 24 heavy (non-hydrogen) atoms. The van der Waals surface area contributed by atoms with Crippen LogP contribution in [0, 0.1) is 5.92 Å². The second-order valence-electron chi connectivity index (χ2n) is 7.03. The second-order valence-corrected chi connectivity index (χ2v) is 7.90. The van der Waals surface area contributed by atoms with Gasteiger partial charge in [0.25, 0.3) is 0 Å². The van der Waals surface area contributed by atoms with E-state index in [4.69, 9.17) is 4.42 Å². The molecule has 0 N–H and O–H groups in total. The van der Waals surface area contributed by atoms with Crippen molar-refractivity contribution in [3.05, 3.63) is 35.2 Å². The Hall–Kier alpha value is -1.66. The van der Waals surface area contributed by atoms with Crippen LogP contribution in [0.15, 0.2) is 28.1 Å². The van der Waals surface area contributed by atoms with Crippen molar-refractivity contribution in [2.24, 2.45) is 5.92 Å². The first-order chi connectivity index (χ1) is 11.6. The van der Waals surface area contributed by atoms with Gasteiger partial charge in [0.1, 0.15) is 11.5 Å². The van der Waals surface area contributed by atoms with Gasteiger partial charge in [0.15, 0.2) is 5.13 Å². The molecule has 0 saturated heterocycles. The maximum absolute atomic E-state index is 12.6. The summed E-state index contributed by atoms with van der Waals surface area (Å²) in [4.78, 5) is 20.7. The van der Waals surface area contributed by atoms with Crippen LogP contribution >= 0.6 is 11.3 Å². The number of nitrogens with zero attached hydrogens (tertiary/aromatic N) is 3. The molecule has 0 spiro atoms. The van der Waals surface area contributed by atoms with E-state index < -0.39 is 0 Å². The van der Waals surface area contributed by atoms with Gasteiger partial charge >= 0.3 is 0 Å². The van der Waals surface area contributed by atoms with Gasteiger partial charge in [-0.25, -0.2) is 4.98 Å². The van der Waals surface area contributed by atoms with Gasteiger partial charge in [-0.15, -0.1) is 11.3 Å². The third-order valence-corrected chi connectivity index (χ3v) is 5.85. The van der Waals surface area contributed by atoms with Crippen molar-refractivity contribution in [3.63, 3.8) is 0 Å². The number of hydrogen-bond donors (Lipinski definition) is 0. The van der Waals surface area contributed by atoms with E-state index in [-0.39, 0.29) is 5.91 Å². The molecule has 2 aromatic rings. The first-order valence-electron chi connectivity index (χ1n) is 8.60. The number of anilines is 1. The van der Waals surface area contributed by atoms with Gasteiger partial charge in [0.05, 0.1) is 13.1 Å². The number of thiazole rings is 1. The zero-order valence-electron chi connectivity index (χ0n) is 14.1. The van der Waals surface area contributed by atoms with Crippen LogP contribution in [0.5, 0.6) is 0 Å². The molecule has 6 heteroatoms. The van der Waals surface area contributed by atoms with Crippen molar-refractivity contribution < 1.29 is 9.21 Å². The maximum atomic E-state index is 12.6. The first kappa shape index (κ1) is 15.8. The quantitative estimate of drug-likeness (QED) is 0.771. The molecule has 5 nitrogen and oxygen atoms in total. The van der Waals surface area contributed by atoms with E-state index in [0.717, 1.165) is 22.6 Å². The van der Waals surface area contributed by atoms with Gasteiger partial charge < -0.3 is 4.42 Å². The van der Waals surface area contributed by atoms with Crippen LogP contribution in [0.1, 0.15) is 43.6 Å². The normalized spacial score (nSPS) is 22.8. The van der Waals surface area contributed by atoms with Gasteiger partial charge in [-0.1, -0.05) is 6.92 Å². The number of rotatable bonds is 7. The molecule has 0 aliphatic heterocycles. The molecule has 2 atom stereocenters. The maximum Gasteiger partial charge on any atom is 0.242 e. The Morgan fingerprint density at radius 2 is 2.21 bits per heavy atom. The monoisotopic (exact) mass is 345 g/mol. The van der Waals surface area contributed by atoms with Crippen LogP contribution in [-0.4, -0.2) is 35.4 Å². The molecule has 2 aliphatic rings. The summed E-state index contributed by atoms with van der Waals surface area (Å²) in [6.45, 7) is 3.39. The number of furan rings is 1. The van der Waals surface area contributed by atoms with E-state index in [1.165, 1.54) is 30.6 Å². The van der Waals surface area contributed by atoms with Crippen LogP contribution < -0.4 is 4.90 Å². The lowest BCUT2D eigenvalue weighted by Gasteiger charge is -2.23. The predicted molar refractivity (Wildman–Crippen MR) is 94.2 cm³/mol. The van der Waals surface area contributed by atoms with Crippen molar-refractivity contribution in [1.82, 2.24) is 9.88 Å². The number of hydrogen-bond acceptors (Lipinski definition) is 5. The first-order valence-corrected chi connectivity index (χ1v) is 9.48. The van der Waals surface area contributed by atoms with Crippen LogP contribution in [0.2, 0.25) is 0 Å². The standard InChI is InChI=1S/C18H23N3O2S/c1-12-9-15(12)16-6-5-14(23-16)10-21(13-3-4-13)11-17(22)20(2)18-19-7-8-24-18/h5-8,12-13,15H,3-4,9-11H2,1-2H3/t12-,15+/m1/s1. The van der Waals surface area contributed by atoms with Crippen LogP contribution in [0.4, 0.5) is 5.13 Å². The Morgan fingerprint density at radius 1 is 1.42 bits per heavy atom. The Morgan fingerprint density at radius 3 is 2.83 bits per heavy atom. The minimum absolute atomic E-state index is 0.0828. The topological polar surface area (TPSA) is 49.6 Å². The average molecular weight is 345 g/mol. The fourth-order valence-electron chi connectivity index (χ4n) is 3.12. The zero-order valence-corrected chi connectivity index (χ0v) is 15.0. The summed E-state index contributed by atoms with van der Waals surface area (Å²) in [6.07, 6.45) is 5.30. The summed E-state index contributed by atoms with van der Waals surface area (Å²) < 4.78 is 6.02. The largest absolute Gasteiger partial charge is 0.464 e. The fourth-order valence-corrected chi connectivity index (χ4v) is 3.74. The van der Waals surface area contributed by atoms with E-state index in [1.54, 1.807) is 18.1 Å². The van der Waals surface area contributed by atoms with E-state index in [0.29, 0.717) is 25.0 Å². The number of aromatic nitrogens is 1. The summed E-state index contributed by atoms with van der Waals surface area (Å²) in [6, 6.07) is 4.69. The Bertz CT molecular complexity index is 708. The number of amides is 1. The second kappa shape index (κ2) is 6.33.